The zero-order valence-electron chi connectivity index (χ0n) is 12.0. The van der Waals surface area contributed by atoms with Gasteiger partial charge in [0.25, 0.3) is 0 Å². The molecule has 0 radical (unpaired) electrons. The quantitative estimate of drug-likeness (QED) is 0.657. The molecule has 1 saturated heterocycles. The lowest BCUT2D eigenvalue weighted by molar-refractivity contribution is 0.0507. The number of ether oxygens (including phenoxy) is 3. The predicted molar refractivity (Wildman–Crippen MR) is 76.7 cm³/mol. The van der Waals surface area contributed by atoms with Gasteiger partial charge in [-0.1, -0.05) is 6.92 Å². The number of hydrogen-bond donors (Lipinski definition) is 1. The molecular weight excluding hydrogens is 276 g/mol. The molecule has 1 aliphatic heterocycles. The number of carbonyl (C=O) groups excluding carboxylic acids is 2. The van der Waals surface area contributed by atoms with Gasteiger partial charge < -0.3 is 19.9 Å². The summed E-state index contributed by atoms with van der Waals surface area (Å²) in [6.45, 7) is 2.74. The van der Waals surface area contributed by atoms with Crippen molar-refractivity contribution in [3.05, 3.63) is 17.7 Å². The molecule has 0 spiro atoms. The Hall–Kier alpha value is -2.44. The lowest BCUT2D eigenvalue weighted by atomic mass is 10.1. The largest absolute Gasteiger partial charge is 0.495 e. The van der Waals surface area contributed by atoms with E-state index in [1.54, 1.807) is 12.1 Å². The van der Waals surface area contributed by atoms with Crippen molar-refractivity contribution in [3.63, 3.8) is 0 Å². The number of nitrogen functional groups attached to an aromatic ring is 1. The summed E-state index contributed by atoms with van der Waals surface area (Å²) in [6, 6.07) is 3.15. The third-order valence-electron chi connectivity index (χ3n) is 3.07. The van der Waals surface area contributed by atoms with Crippen molar-refractivity contribution in [2.45, 2.75) is 13.3 Å². The maximum Gasteiger partial charge on any atom is 0.414 e. The Morgan fingerprint density at radius 1 is 1.48 bits per heavy atom. The number of nitrogens with two attached hydrogens (primary N) is 1. The van der Waals surface area contributed by atoms with Crippen LogP contribution in [0.25, 0.3) is 0 Å². The van der Waals surface area contributed by atoms with E-state index in [-0.39, 0.29) is 24.5 Å². The molecule has 1 aromatic rings. The van der Waals surface area contributed by atoms with Gasteiger partial charge in [-0.25, -0.2) is 9.59 Å². The minimum absolute atomic E-state index is 0.127. The van der Waals surface area contributed by atoms with Gasteiger partial charge in [0, 0.05) is 5.69 Å². The van der Waals surface area contributed by atoms with Crippen LogP contribution in [-0.2, 0) is 9.47 Å². The van der Waals surface area contributed by atoms with Crippen LogP contribution in [0.15, 0.2) is 12.1 Å². The minimum Gasteiger partial charge on any atom is -0.495 e. The number of benzene rings is 1. The SMILES string of the molecule is CCCOC(=O)c1c(N)ccc(OC)c1N1CCOC1=O. The Morgan fingerprint density at radius 3 is 2.81 bits per heavy atom. The fourth-order valence-electron chi connectivity index (χ4n) is 2.10. The fourth-order valence-corrected chi connectivity index (χ4v) is 2.10. The molecule has 114 valence electrons. The Balaban J connectivity index is 2.50. The molecule has 1 amide bonds. The van der Waals surface area contributed by atoms with Crippen LogP contribution < -0.4 is 15.4 Å². The van der Waals surface area contributed by atoms with E-state index in [2.05, 4.69) is 0 Å². The van der Waals surface area contributed by atoms with Crippen molar-refractivity contribution in [3.8, 4) is 5.75 Å². The third kappa shape index (κ3) is 2.86. The van der Waals surface area contributed by atoms with Crippen molar-refractivity contribution in [2.24, 2.45) is 0 Å². The first-order valence-corrected chi connectivity index (χ1v) is 6.68. The number of cyclic esters (lactones) is 1. The van der Waals surface area contributed by atoms with Gasteiger partial charge in [0.15, 0.2) is 0 Å². The minimum atomic E-state index is -0.581. The molecule has 1 fully saturated rings. The molecule has 0 bridgehead atoms. The standard InChI is InChI=1S/C14H18N2O5/c1-3-7-20-13(17)11-9(15)4-5-10(19-2)12(11)16-6-8-21-14(16)18/h4-5H,3,6-8,15H2,1-2H3. The zero-order chi connectivity index (χ0) is 15.4. The van der Waals surface area contributed by atoms with Crippen LogP contribution in [0.3, 0.4) is 0 Å². The van der Waals surface area contributed by atoms with Gasteiger partial charge in [-0.05, 0) is 18.6 Å². The summed E-state index contributed by atoms with van der Waals surface area (Å²) in [6.07, 6.45) is 0.153. The molecule has 0 unspecified atom stereocenters. The smallest absolute Gasteiger partial charge is 0.414 e. The number of carbonyl (C=O) groups is 2. The van der Waals surface area contributed by atoms with Crippen LogP contribution in [0.1, 0.15) is 23.7 Å². The van der Waals surface area contributed by atoms with Crippen molar-refractivity contribution in [2.75, 3.05) is 37.5 Å². The Morgan fingerprint density at radius 2 is 2.24 bits per heavy atom. The van der Waals surface area contributed by atoms with Crippen LogP contribution in [0.5, 0.6) is 5.75 Å². The summed E-state index contributed by atoms with van der Waals surface area (Å²) in [5.41, 5.74) is 6.54. The Bertz CT molecular complexity index is 559. The topological polar surface area (TPSA) is 91.1 Å². The predicted octanol–water partition coefficient (Wildman–Crippen LogP) is 1.80. The van der Waals surface area contributed by atoms with E-state index in [4.69, 9.17) is 19.9 Å². The normalized spacial score (nSPS) is 14.0. The molecule has 7 heteroatoms. The zero-order valence-corrected chi connectivity index (χ0v) is 12.0. The van der Waals surface area contributed by atoms with Crippen molar-refractivity contribution in [1.82, 2.24) is 0 Å². The van der Waals surface area contributed by atoms with Gasteiger partial charge in [-0.15, -0.1) is 0 Å². The molecule has 2 rings (SSSR count). The number of hydrogen-bond acceptors (Lipinski definition) is 6. The second kappa shape index (κ2) is 6.34. The summed E-state index contributed by atoms with van der Waals surface area (Å²) in [5.74, 6) is -0.213. The van der Waals surface area contributed by atoms with Gasteiger partial charge in [0.05, 0.1) is 20.3 Å². The average Bonchev–Trinajstić information content (AvgIpc) is 2.90. The molecule has 0 saturated carbocycles. The maximum absolute atomic E-state index is 12.2. The molecule has 2 N–H and O–H groups in total. The molecule has 0 aromatic heterocycles. The average molecular weight is 294 g/mol. The van der Waals surface area contributed by atoms with Crippen molar-refractivity contribution < 1.29 is 23.8 Å². The van der Waals surface area contributed by atoms with Gasteiger partial charge >= 0.3 is 12.1 Å². The third-order valence-corrected chi connectivity index (χ3v) is 3.07. The monoisotopic (exact) mass is 294 g/mol. The van der Waals surface area contributed by atoms with Crippen LogP contribution in [0, 0.1) is 0 Å². The number of nitrogens with zero attached hydrogens (tertiary/aromatic N) is 1. The van der Waals surface area contributed by atoms with E-state index >= 15 is 0 Å². The van der Waals surface area contributed by atoms with Gasteiger partial charge in [0.2, 0.25) is 0 Å². The van der Waals surface area contributed by atoms with Crippen molar-refractivity contribution >= 4 is 23.4 Å². The first-order valence-electron chi connectivity index (χ1n) is 6.68. The summed E-state index contributed by atoms with van der Waals surface area (Å²) < 4.78 is 15.3. The van der Waals surface area contributed by atoms with Crippen molar-refractivity contribution in [1.29, 1.82) is 0 Å². The highest BCUT2D eigenvalue weighted by atomic mass is 16.6. The summed E-state index contributed by atoms with van der Waals surface area (Å²) in [5, 5.41) is 0. The lowest BCUT2D eigenvalue weighted by Crippen LogP contribution is -2.27. The molecule has 0 atom stereocenters. The van der Waals surface area contributed by atoms with Crippen LogP contribution in [0.4, 0.5) is 16.2 Å². The van der Waals surface area contributed by atoms with E-state index in [9.17, 15) is 9.59 Å². The van der Waals surface area contributed by atoms with E-state index in [1.165, 1.54) is 12.0 Å². The Kier molecular flexibility index (Phi) is 4.52. The molecular formula is C14H18N2O5. The second-order valence-electron chi connectivity index (χ2n) is 4.48. The fraction of sp³-hybridized carbons (Fsp3) is 0.429. The van der Waals surface area contributed by atoms with Gasteiger partial charge in [-0.3, -0.25) is 4.90 Å². The molecule has 0 aliphatic carbocycles. The summed E-state index contributed by atoms with van der Waals surface area (Å²) in [4.78, 5) is 25.4. The number of rotatable bonds is 5. The molecule has 1 aliphatic rings. The first-order chi connectivity index (χ1) is 10.1. The van der Waals surface area contributed by atoms with E-state index in [1.807, 2.05) is 6.92 Å². The summed E-state index contributed by atoms with van der Waals surface area (Å²) in [7, 11) is 1.46. The first kappa shape index (κ1) is 15.0. The molecule has 1 heterocycles. The van der Waals surface area contributed by atoms with Gasteiger partial charge in [0.1, 0.15) is 23.6 Å². The van der Waals surface area contributed by atoms with Crippen LogP contribution in [0.2, 0.25) is 0 Å². The molecule has 7 nitrogen and oxygen atoms in total. The second-order valence-corrected chi connectivity index (χ2v) is 4.48. The van der Waals surface area contributed by atoms with Gasteiger partial charge in [-0.2, -0.15) is 0 Å². The highest BCUT2D eigenvalue weighted by Gasteiger charge is 2.32. The van der Waals surface area contributed by atoms with Crippen LogP contribution >= 0.6 is 0 Å². The van der Waals surface area contributed by atoms with Crippen LogP contribution in [-0.4, -0.2) is 38.9 Å². The summed E-state index contributed by atoms with van der Waals surface area (Å²) >= 11 is 0. The molecule has 21 heavy (non-hydrogen) atoms. The lowest BCUT2D eigenvalue weighted by Gasteiger charge is -2.21. The number of amides is 1. The number of anilines is 2. The molecule has 1 aromatic carbocycles. The maximum atomic E-state index is 12.2. The van der Waals surface area contributed by atoms with E-state index < -0.39 is 12.1 Å². The Labute approximate surface area is 122 Å². The number of methoxy groups -OCH3 is 1. The number of esters is 1. The van der Waals surface area contributed by atoms with E-state index in [0.29, 0.717) is 24.4 Å². The van der Waals surface area contributed by atoms with E-state index in [0.717, 1.165) is 0 Å². The highest BCUT2D eigenvalue weighted by Crippen LogP contribution is 2.37. The highest BCUT2D eigenvalue weighted by molar-refractivity contribution is 6.07.